The topological polar surface area (TPSA) is 63.6 Å². The molecule has 1 N–H and O–H groups in total. The van der Waals surface area contributed by atoms with Gasteiger partial charge in [0.15, 0.2) is 0 Å². The van der Waals surface area contributed by atoms with Crippen molar-refractivity contribution in [2.75, 3.05) is 13.3 Å². The molecule has 2 saturated carbocycles. The van der Waals surface area contributed by atoms with Crippen molar-refractivity contribution in [1.82, 2.24) is 0 Å². The first-order valence-corrected chi connectivity index (χ1v) is 9.54. The van der Waals surface area contributed by atoms with Gasteiger partial charge in [-0.05, 0) is 31.2 Å². The van der Waals surface area contributed by atoms with Crippen molar-refractivity contribution in [3.05, 3.63) is 35.9 Å². The van der Waals surface area contributed by atoms with Crippen LogP contribution in [-0.4, -0.2) is 30.4 Å². The van der Waals surface area contributed by atoms with E-state index in [-0.39, 0.29) is 12.6 Å². The molecule has 1 aromatic carbocycles. The van der Waals surface area contributed by atoms with Crippen molar-refractivity contribution in [2.45, 2.75) is 58.0 Å². The minimum absolute atomic E-state index is 0.238. The molecule has 1 aromatic rings. The maximum atomic E-state index is 13.0. The highest BCUT2D eigenvalue weighted by Crippen LogP contribution is 2.40. The number of ether oxygens (including phenoxy) is 1. The van der Waals surface area contributed by atoms with E-state index in [2.05, 4.69) is 0 Å². The molecule has 0 heterocycles. The van der Waals surface area contributed by atoms with Crippen LogP contribution in [0.25, 0.3) is 0 Å². The molecular weight excluding hydrogens is 354 g/mol. The molecule has 0 aliphatic heterocycles. The van der Waals surface area contributed by atoms with E-state index in [1.807, 2.05) is 30.3 Å². The van der Waals surface area contributed by atoms with Crippen LogP contribution in [0.5, 0.6) is 0 Å². The molecule has 0 unspecified atom stereocenters. The minimum atomic E-state index is -1.01. The normalized spacial score (nSPS) is 19.8. The molecule has 6 heteroatoms. The quantitative estimate of drug-likeness (QED) is 0.714. The second-order valence-electron chi connectivity index (χ2n) is 7.61. The van der Waals surface area contributed by atoms with Gasteiger partial charge in [0, 0.05) is 0 Å². The number of aliphatic carboxylic acids is 1. The number of carbonyl (C=O) groups excluding carboxylic acids is 1. The average Bonchev–Trinajstić information content (AvgIpc) is 3.38. The molecule has 0 radical (unpaired) electrons. The summed E-state index contributed by atoms with van der Waals surface area (Å²) in [5, 5.41) is 8.62. The summed E-state index contributed by atoms with van der Waals surface area (Å²) in [6.07, 6.45) is 5.83. The summed E-state index contributed by atoms with van der Waals surface area (Å²) in [6.45, 7) is -1.07. The number of hydrogen-bond acceptors (Lipinski definition) is 3. The predicted molar refractivity (Wildman–Crippen MR) is 97.6 cm³/mol. The van der Waals surface area contributed by atoms with Crippen LogP contribution in [0.15, 0.2) is 30.3 Å². The summed E-state index contributed by atoms with van der Waals surface area (Å²) in [4.78, 5) is 22.4. The lowest BCUT2D eigenvalue weighted by Crippen LogP contribution is -2.32. The molecule has 2 aliphatic rings. The van der Waals surface area contributed by atoms with E-state index in [9.17, 15) is 18.4 Å². The molecule has 2 aliphatic carbocycles. The fourth-order valence-electron chi connectivity index (χ4n) is 3.78. The fraction of sp³-hybridized carbons (Fsp3) is 0.619. The number of alkyl halides is 2. The zero-order valence-electron chi connectivity index (χ0n) is 15.6. The number of esters is 1. The lowest BCUT2D eigenvalue weighted by Gasteiger charge is -2.22. The highest BCUT2D eigenvalue weighted by Gasteiger charge is 2.43. The van der Waals surface area contributed by atoms with E-state index >= 15 is 0 Å². The summed E-state index contributed by atoms with van der Waals surface area (Å²) in [5.74, 6) is -1.34. The number of carboxylic acids is 1. The lowest BCUT2D eigenvalue weighted by molar-refractivity contribution is -0.158. The number of hydrogen-bond donors (Lipinski definition) is 1. The first-order valence-electron chi connectivity index (χ1n) is 9.54. The molecule has 3 rings (SSSR count). The highest BCUT2D eigenvalue weighted by atomic mass is 19.1. The van der Waals surface area contributed by atoms with Gasteiger partial charge in [0.05, 0.1) is 10.8 Å². The van der Waals surface area contributed by atoms with Gasteiger partial charge in [-0.3, -0.25) is 9.59 Å². The summed E-state index contributed by atoms with van der Waals surface area (Å²) in [6, 6.07) is 9.48. The molecule has 0 bridgehead atoms. The van der Waals surface area contributed by atoms with Gasteiger partial charge in [-0.1, -0.05) is 56.0 Å². The molecule has 4 nitrogen and oxygen atoms in total. The number of carbonyl (C=O) groups is 2. The summed E-state index contributed by atoms with van der Waals surface area (Å²) >= 11 is 0. The van der Waals surface area contributed by atoms with Gasteiger partial charge in [-0.25, -0.2) is 8.78 Å². The molecule has 0 aromatic heterocycles. The number of carboxylic acid groups (broad SMARTS) is 1. The van der Waals surface area contributed by atoms with Crippen LogP contribution in [0.4, 0.5) is 8.78 Å². The second-order valence-corrected chi connectivity index (χ2v) is 7.61. The zero-order valence-corrected chi connectivity index (χ0v) is 15.6. The van der Waals surface area contributed by atoms with Gasteiger partial charge >= 0.3 is 11.9 Å². The van der Waals surface area contributed by atoms with E-state index < -0.39 is 30.1 Å². The molecule has 0 atom stereocenters. The highest BCUT2D eigenvalue weighted by molar-refractivity contribution is 5.77. The molecule has 150 valence electrons. The number of rotatable bonds is 6. The third-order valence-corrected chi connectivity index (χ3v) is 5.73. The van der Waals surface area contributed by atoms with Gasteiger partial charge in [-0.15, -0.1) is 0 Å². The van der Waals surface area contributed by atoms with E-state index in [1.54, 1.807) is 0 Å². The van der Waals surface area contributed by atoms with Crippen molar-refractivity contribution in [3.8, 4) is 0 Å². The Balaban J connectivity index is 0.000000223. The van der Waals surface area contributed by atoms with Crippen LogP contribution in [0.2, 0.25) is 0 Å². The minimum Gasteiger partial charge on any atom is -0.481 e. The Labute approximate surface area is 158 Å². The smallest absolute Gasteiger partial charge is 0.315 e. The Morgan fingerprint density at radius 1 is 0.889 bits per heavy atom. The molecular formula is C21H28F2O4. The molecule has 27 heavy (non-hydrogen) atoms. The zero-order chi connectivity index (χ0) is 19.8. The van der Waals surface area contributed by atoms with Crippen molar-refractivity contribution < 1.29 is 28.2 Å². The number of benzene rings is 1. The molecule has 2 fully saturated rings. The van der Waals surface area contributed by atoms with Gasteiger partial charge in [0.2, 0.25) is 0 Å². The van der Waals surface area contributed by atoms with Crippen molar-refractivity contribution >= 4 is 11.9 Å². The average molecular weight is 382 g/mol. The van der Waals surface area contributed by atoms with Crippen LogP contribution in [0.3, 0.4) is 0 Å². The van der Waals surface area contributed by atoms with E-state index in [0.29, 0.717) is 25.7 Å². The van der Waals surface area contributed by atoms with Crippen LogP contribution in [-0.2, 0) is 20.9 Å². The maximum Gasteiger partial charge on any atom is 0.315 e. The third-order valence-electron chi connectivity index (χ3n) is 5.73. The summed E-state index contributed by atoms with van der Waals surface area (Å²) in [7, 11) is 0. The van der Waals surface area contributed by atoms with Crippen LogP contribution < -0.4 is 0 Å². The predicted octanol–water partition coefficient (Wildman–Crippen LogP) is 4.86. The maximum absolute atomic E-state index is 13.0. The Bertz CT molecular complexity index is 606. The largest absolute Gasteiger partial charge is 0.481 e. The monoisotopic (exact) mass is 382 g/mol. The Morgan fingerprint density at radius 2 is 1.37 bits per heavy atom. The third kappa shape index (κ3) is 5.27. The fourth-order valence-corrected chi connectivity index (χ4v) is 3.78. The van der Waals surface area contributed by atoms with Gasteiger partial charge < -0.3 is 9.84 Å². The van der Waals surface area contributed by atoms with Crippen LogP contribution >= 0.6 is 0 Å². The Hall–Kier alpha value is -1.98. The lowest BCUT2D eigenvalue weighted by atomic mass is 9.88. The first kappa shape index (κ1) is 21.3. The van der Waals surface area contributed by atoms with Gasteiger partial charge in [-0.2, -0.15) is 0 Å². The summed E-state index contributed by atoms with van der Waals surface area (Å²) < 4.78 is 30.5. The molecule has 0 spiro atoms. The molecule has 0 amide bonds. The van der Waals surface area contributed by atoms with Crippen LogP contribution in [0.1, 0.15) is 56.9 Å². The second kappa shape index (κ2) is 9.81. The SMILES string of the molecule is O=C(O)C1(CF)CCCC1.O=C(OCc1ccccc1)C1(CF)CCCC1. The van der Waals surface area contributed by atoms with Gasteiger partial charge in [0.1, 0.15) is 20.0 Å². The van der Waals surface area contributed by atoms with E-state index in [4.69, 9.17) is 9.84 Å². The number of halogens is 2. The van der Waals surface area contributed by atoms with Crippen molar-refractivity contribution in [1.29, 1.82) is 0 Å². The van der Waals surface area contributed by atoms with Crippen molar-refractivity contribution in [3.63, 3.8) is 0 Å². The molecule has 0 saturated heterocycles. The Morgan fingerprint density at radius 3 is 1.78 bits per heavy atom. The standard InChI is InChI=1S/C14H17FO2.C7H11FO2/c15-11-14(8-4-5-9-14)13(16)17-10-12-6-2-1-3-7-12;8-5-7(6(9)10)3-1-2-4-7/h1-3,6-7H,4-5,8-11H2;1-5H2,(H,9,10). The van der Waals surface area contributed by atoms with Crippen molar-refractivity contribution in [2.24, 2.45) is 10.8 Å². The summed E-state index contributed by atoms with van der Waals surface area (Å²) in [5.41, 5.74) is -0.928. The Kier molecular flexibility index (Phi) is 7.75. The van der Waals surface area contributed by atoms with E-state index in [1.165, 1.54) is 0 Å². The van der Waals surface area contributed by atoms with Gasteiger partial charge in [0.25, 0.3) is 0 Å². The van der Waals surface area contributed by atoms with Crippen LogP contribution in [0, 0.1) is 10.8 Å². The first-order chi connectivity index (χ1) is 13.0. The van der Waals surface area contributed by atoms with E-state index in [0.717, 1.165) is 31.2 Å².